The fraction of sp³-hybridized carbons (Fsp3) is 0.333. The third-order valence-electron chi connectivity index (χ3n) is 2.44. The van der Waals surface area contributed by atoms with Gasteiger partial charge in [0.2, 0.25) is 0 Å². The van der Waals surface area contributed by atoms with Crippen molar-refractivity contribution in [3.63, 3.8) is 0 Å². The standard InChI is InChI=1S/C9H12N2O2S/c1-6-5-11-8-4-2-3-7(10)9(8)14(6,12)13/h2-4,6,11H,5,10H2,1H3. The van der Waals surface area contributed by atoms with Gasteiger partial charge in [-0.05, 0) is 19.1 Å². The van der Waals surface area contributed by atoms with E-state index >= 15 is 0 Å². The van der Waals surface area contributed by atoms with Crippen LogP contribution in [0.25, 0.3) is 0 Å². The minimum Gasteiger partial charge on any atom is -0.398 e. The summed E-state index contributed by atoms with van der Waals surface area (Å²) in [7, 11) is -3.24. The summed E-state index contributed by atoms with van der Waals surface area (Å²) >= 11 is 0. The molecule has 0 bridgehead atoms. The second-order valence-corrected chi connectivity index (χ2v) is 5.76. The molecule has 0 fully saturated rings. The minimum absolute atomic E-state index is 0.249. The van der Waals surface area contributed by atoms with Gasteiger partial charge < -0.3 is 11.1 Å². The summed E-state index contributed by atoms with van der Waals surface area (Å²) in [5, 5.41) is 2.63. The number of nitrogen functional groups attached to an aromatic ring is 1. The molecule has 0 aromatic heterocycles. The number of rotatable bonds is 0. The van der Waals surface area contributed by atoms with Crippen LogP contribution in [0.5, 0.6) is 0 Å². The second kappa shape index (κ2) is 2.88. The second-order valence-electron chi connectivity index (χ2n) is 3.46. The highest BCUT2D eigenvalue weighted by molar-refractivity contribution is 7.92. The molecule has 0 saturated carbocycles. The molecule has 1 aromatic carbocycles. The quantitative estimate of drug-likeness (QED) is 0.625. The molecule has 0 amide bonds. The lowest BCUT2D eigenvalue weighted by atomic mass is 10.2. The highest BCUT2D eigenvalue weighted by Crippen LogP contribution is 2.33. The maximum Gasteiger partial charge on any atom is 0.186 e. The Hall–Kier alpha value is -1.23. The Labute approximate surface area is 83.0 Å². The van der Waals surface area contributed by atoms with Crippen LogP contribution in [0, 0.1) is 0 Å². The van der Waals surface area contributed by atoms with Crippen LogP contribution >= 0.6 is 0 Å². The number of nitrogens with two attached hydrogens (primary N) is 1. The largest absolute Gasteiger partial charge is 0.398 e. The van der Waals surface area contributed by atoms with E-state index in [1.54, 1.807) is 25.1 Å². The number of hydrogen-bond acceptors (Lipinski definition) is 4. The first-order valence-electron chi connectivity index (χ1n) is 4.40. The van der Waals surface area contributed by atoms with Crippen LogP contribution in [0.3, 0.4) is 0 Å². The van der Waals surface area contributed by atoms with Gasteiger partial charge in [-0.15, -0.1) is 0 Å². The van der Waals surface area contributed by atoms with Crippen molar-refractivity contribution in [2.24, 2.45) is 0 Å². The molecule has 0 aliphatic carbocycles. The molecule has 1 aromatic rings. The van der Waals surface area contributed by atoms with Crippen molar-refractivity contribution in [1.29, 1.82) is 0 Å². The average Bonchev–Trinajstić information content (AvgIpc) is 2.11. The number of benzene rings is 1. The molecule has 14 heavy (non-hydrogen) atoms. The molecule has 3 N–H and O–H groups in total. The lowest BCUT2D eigenvalue weighted by molar-refractivity contribution is 0.583. The van der Waals surface area contributed by atoms with E-state index in [0.29, 0.717) is 17.9 Å². The van der Waals surface area contributed by atoms with Crippen molar-refractivity contribution in [3.05, 3.63) is 18.2 Å². The van der Waals surface area contributed by atoms with Crippen LogP contribution in [-0.2, 0) is 9.84 Å². The van der Waals surface area contributed by atoms with Gasteiger partial charge in [-0.3, -0.25) is 0 Å². The Balaban J connectivity index is 2.74. The molecule has 1 atom stereocenters. The van der Waals surface area contributed by atoms with Crippen LogP contribution in [-0.4, -0.2) is 20.2 Å². The maximum absolute atomic E-state index is 11.9. The van der Waals surface area contributed by atoms with E-state index in [4.69, 9.17) is 5.73 Å². The summed E-state index contributed by atoms with van der Waals surface area (Å²) in [4.78, 5) is 0.249. The lowest BCUT2D eigenvalue weighted by Gasteiger charge is -2.24. The van der Waals surface area contributed by atoms with Gasteiger partial charge in [-0.1, -0.05) is 6.07 Å². The molecule has 1 aliphatic rings. The van der Waals surface area contributed by atoms with E-state index in [1.165, 1.54) is 0 Å². The fourth-order valence-corrected chi connectivity index (χ4v) is 3.12. The number of anilines is 2. The van der Waals surface area contributed by atoms with Gasteiger partial charge in [0.25, 0.3) is 0 Å². The van der Waals surface area contributed by atoms with Crippen molar-refractivity contribution in [1.82, 2.24) is 0 Å². The third-order valence-corrected chi connectivity index (χ3v) is 4.69. The van der Waals surface area contributed by atoms with Gasteiger partial charge in [0.05, 0.1) is 16.6 Å². The maximum atomic E-state index is 11.9. The van der Waals surface area contributed by atoms with Crippen molar-refractivity contribution in [2.75, 3.05) is 17.6 Å². The summed E-state index contributed by atoms with van der Waals surface area (Å²) < 4.78 is 23.8. The first-order valence-corrected chi connectivity index (χ1v) is 5.94. The molecular weight excluding hydrogens is 200 g/mol. The summed E-state index contributed by atoms with van der Waals surface area (Å²) in [6, 6.07) is 5.08. The molecule has 4 nitrogen and oxygen atoms in total. The average molecular weight is 212 g/mol. The van der Waals surface area contributed by atoms with Gasteiger partial charge in [-0.25, -0.2) is 8.42 Å². The van der Waals surface area contributed by atoms with Crippen molar-refractivity contribution in [2.45, 2.75) is 17.1 Å². The summed E-state index contributed by atoms with van der Waals surface area (Å²) in [5.41, 5.74) is 6.59. The highest BCUT2D eigenvalue weighted by atomic mass is 32.2. The van der Waals surface area contributed by atoms with Crippen molar-refractivity contribution >= 4 is 21.2 Å². The van der Waals surface area contributed by atoms with Gasteiger partial charge in [-0.2, -0.15) is 0 Å². The summed E-state index contributed by atoms with van der Waals surface area (Å²) in [6.07, 6.45) is 0. The molecule has 76 valence electrons. The molecule has 0 saturated heterocycles. The Bertz CT molecular complexity index is 468. The predicted molar refractivity (Wildman–Crippen MR) is 56.0 cm³/mol. The van der Waals surface area contributed by atoms with Gasteiger partial charge in [0, 0.05) is 6.54 Å². The SMILES string of the molecule is CC1CNc2cccc(N)c2S1(=O)=O. The molecule has 0 spiro atoms. The van der Waals surface area contributed by atoms with E-state index in [0.717, 1.165) is 0 Å². The minimum atomic E-state index is -3.24. The first-order chi connectivity index (χ1) is 6.53. The first kappa shape index (κ1) is 9.33. The van der Waals surface area contributed by atoms with Crippen LogP contribution in [0.4, 0.5) is 11.4 Å². The highest BCUT2D eigenvalue weighted by Gasteiger charge is 2.31. The number of fused-ring (bicyclic) bond motifs is 1. The normalized spacial score (nSPS) is 23.6. The Morgan fingerprint density at radius 3 is 2.93 bits per heavy atom. The van der Waals surface area contributed by atoms with Crippen molar-refractivity contribution in [3.8, 4) is 0 Å². The van der Waals surface area contributed by atoms with Gasteiger partial charge in [0.1, 0.15) is 4.90 Å². The van der Waals surface area contributed by atoms with Crippen LogP contribution < -0.4 is 11.1 Å². The molecule has 0 radical (unpaired) electrons. The van der Waals surface area contributed by atoms with E-state index in [2.05, 4.69) is 5.32 Å². The Morgan fingerprint density at radius 2 is 2.21 bits per heavy atom. The van der Waals surface area contributed by atoms with E-state index in [9.17, 15) is 8.42 Å². The van der Waals surface area contributed by atoms with Crippen LogP contribution in [0.2, 0.25) is 0 Å². The number of sulfone groups is 1. The third kappa shape index (κ3) is 1.16. The van der Waals surface area contributed by atoms with Crippen LogP contribution in [0.1, 0.15) is 6.92 Å². The van der Waals surface area contributed by atoms with Gasteiger partial charge >= 0.3 is 0 Å². The summed E-state index contributed by atoms with van der Waals surface area (Å²) in [5.74, 6) is 0. The zero-order valence-corrected chi connectivity index (χ0v) is 8.64. The smallest absolute Gasteiger partial charge is 0.186 e. The molecule has 2 rings (SSSR count). The predicted octanol–water partition coefficient (Wildman–Crippen LogP) is 0.857. The molecule has 5 heteroatoms. The monoisotopic (exact) mass is 212 g/mol. The molecular formula is C9H12N2O2S. The van der Waals surface area contributed by atoms with E-state index < -0.39 is 15.1 Å². The van der Waals surface area contributed by atoms with Crippen molar-refractivity contribution < 1.29 is 8.42 Å². The Kier molecular flexibility index (Phi) is 1.92. The van der Waals surface area contributed by atoms with Gasteiger partial charge in [0.15, 0.2) is 9.84 Å². The topological polar surface area (TPSA) is 72.2 Å². The lowest BCUT2D eigenvalue weighted by Crippen LogP contribution is -2.32. The van der Waals surface area contributed by atoms with E-state index in [1.807, 2.05) is 0 Å². The van der Waals surface area contributed by atoms with E-state index in [-0.39, 0.29) is 4.90 Å². The fourth-order valence-electron chi connectivity index (χ4n) is 1.58. The van der Waals surface area contributed by atoms with Crippen LogP contribution in [0.15, 0.2) is 23.1 Å². The Morgan fingerprint density at radius 1 is 1.50 bits per heavy atom. The zero-order chi connectivity index (χ0) is 10.3. The summed E-state index contributed by atoms with van der Waals surface area (Å²) in [6.45, 7) is 2.12. The number of hydrogen-bond donors (Lipinski definition) is 2. The molecule has 1 unspecified atom stereocenters. The number of nitrogens with one attached hydrogen (secondary N) is 1. The molecule has 1 heterocycles. The zero-order valence-electron chi connectivity index (χ0n) is 7.82. The molecule has 1 aliphatic heterocycles.